The Labute approximate surface area is 70.1 Å². The number of hydrogen-bond donors (Lipinski definition) is 0. The zero-order valence-electron chi connectivity index (χ0n) is 7.81. The highest BCUT2D eigenvalue weighted by molar-refractivity contribution is 4.69. The molecule has 1 aliphatic heterocycles. The minimum Gasteiger partial charge on any atom is -0.373 e. The van der Waals surface area contributed by atoms with Crippen LogP contribution < -0.4 is 0 Å². The third-order valence-electron chi connectivity index (χ3n) is 2.70. The second-order valence-corrected chi connectivity index (χ2v) is 3.57. The first-order chi connectivity index (χ1) is 5.36. The van der Waals surface area contributed by atoms with Crippen LogP contribution in [0.25, 0.3) is 0 Å². The van der Waals surface area contributed by atoms with Gasteiger partial charge in [-0.1, -0.05) is 39.5 Å². The fourth-order valence-corrected chi connectivity index (χ4v) is 1.57. The molecular formula is C10H20O. The summed E-state index contributed by atoms with van der Waals surface area (Å²) in [5.74, 6) is 0.966. The minimum atomic E-state index is 0.643. The molecule has 0 N–H and O–H groups in total. The normalized spacial score (nSPS) is 22.6. The summed E-state index contributed by atoms with van der Waals surface area (Å²) in [6, 6.07) is 0. The smallest absolute Gasteiger partial charge is 0.0810 e. The van der Waals surface area contributed by atoms with Crippen LogP contribution >= 0.6 is 0 Å². The third kappa shape index (κ3) is 3.76. The predicted octanol–water partition coefficient (Wildman–Crippen LogP) is 2.99. The summed E-state index contributed by atoms with van der Waals surface area (Å²) in [5, 5.41) is 0. The van der Waals surface area contributed by atoms with E-state index in [2.05, 4.69) is 13.8 Å². The van der Waals surface area contributed by atoms with Gasteiger partial charge in [0, 0.05) is 0 Å². The van der Waals surface area contributed by atoms with Crippen LogP contribution in [-0.4, -0.2) is 12.7 Å². The molecule has 0 amide bonds. The maximum absolute atomic E-state index is 5.16. The molecule has 0 saturated carbocycles. The molecule has 66 valence electrons. The first-order valence-corrected chi connectivity index (χ1v) is 4.98. The van der Waals surface area contributed by atoms with Gasteiger partial charge in [-0.15, -0.1) is 0 Å². The van der Waals surface area contributed by atoms with Crippen molar-refractivity contribution in [3.05, 3.63) is 0 Å². The van der Waals surface area contributed by atoms with Gasteiger partial charge in [-0.2, -0.15) is 0 Å². The molecule has 1 saturated heterocycles. The Morgan fingerprint density at radius 2 is 2.00 bits per heavy atom. The van der Waals surface area contributed by atoms with Gasteiger partial charge in [0.15, 0.2) is 0 Å². The van der Waals surface area contributed by atoms with E-state index in [0.717, 1.165) is 12.5 Å². The molecule has 11 heavy (non-hydrogen) atoms. The van der Waals surface area contributed by atoms with E-state index in [1.165, 1.54) is 32.1 Å². The Morgan fingerprint density at radius 3 is 2.45 bits per heavy atom. The lowest BCUT2D eigenvalue weighted by atomic mass is 9.96. The average Bonchev–Trinajstić information content (AvgIpc) is 2.82. The van der Waals surface area contributed by atoms with Gasteiger partial charge in [0.1, 0.15) is 0 Å². The van der Waals surface area contributed by atoms with Gasteiger partial charge in [0.2, 0.25) is 0 Å². The fraction of sp³-hybridized carbons (Fsp3) is 1.00. The Balaban J connectivity index is 1.90. The second-order valence-electron chi connectivity index (χ2n) is 3.57. The minimum absolute atomic E-state index is 0.643. The van der Waals surface area contributed by atoms with Gasteiger partial charge in [0.25, 0.3) is 0 Å². The highest BCUT2D eigenvalue weighted by Crippen LogP contribution is 2.21. The van der Waals surface area contributed by atoms with Gasteiger partial charge in [-0.25, -0.2) is 0 Å². The van der Waals surface area contributed by atoms with Gasteiger partial charge in [-0.3, -0.25) is 0 Å². The van der Waals surface area contributed by atoms with Crippen molar-refractivity contribution in [1.29, 1.82) is 0 Å². The Hall–Kier alpha value is -0.0400. The number of ether oxygens (including phenoxy) is 1. The zero-order valence-corrected chi connectivity index (χ0v) is 7.81. The Morgan fingerprint density at radius 1 is 1.36 bits per heavy atom. The highest BCUT2D eigenvalue weighted by Gasteiger charge is 2.21. The van der Waals surface area contributed by atoms with E-state index in [1.54, 1.807) is 0 Å². The molecule has 1 atom stereocenters. The molecule has 1 nitrogen and oxygen atoms in total. The van der Waals surface area contributed by atoms with Crippen LogP contribution in [0.1, 0.15) is 46.0 Å². The van der Waals surface area contributed by atoms with Crippen molar-refractivity contribution in [3.63, 3.8) is 0 Å². The van der Waals surface area contributed by atoms with Crippen molar-refractivity contribution in [2.24, 2.45) is 5.92 Å². The summed E-state index contributed by atoms with van der Waals surface area (Å²) in [4.78, 5) is 0. The van der Waals surface area contributed by atoms with Crippen molar-refractivity contribution in [2.75, 3.05) is 6.61 Å². The van der Waals surface area contributed by atoms with Crippen molar-refractivity contribution in [2.45, 2.75) is 52.1 Å². The second kappa shape index (κ2) is 4.76. The van der Waals surface area contributed by atoms with Crippen LogP contribution in [0.3, 0.4) is 0 Å². The third-order valence-corrected chi connectivity index (χ3v) is 2.70. The first-order valence-electron chi connectivity index (χ1n) is 4.98. The number of epoxide rings is 1. The molecule has 1 aliphatic rings. The molecule has 1 heterocycles. The van der Waals surface area contributed by atoms with Crippen LogP contribution in [0.4, 0.5) is 0 Å². The monoisotopic (exact) mass is 156 g/mol. The Bertz CT molecular complexity index is 93.0. The van der Waals surface area contributed by atoms with Crippen LogP contribution in [0.2, 0.25) is 0 Å². The van der Waals surface area contributed by atoms with E-state index in [9.17, 15) is 0 Å². The molecule has 0 spiro atoms. The topological polar surface area (TPSA) is 12.5 Å². The van der Waals surface area contributed by atoms with Crippen molar-refractivity contribution in [3.8, 4) is 0 Å². The molecule has 1 unspecified atom stereocenters. The van der Waals surface area contributed by atoms with Crippen LogP contribution in [-0.2, 0) is 4.74 Å². The summed E-state index contributed by atoms with van der Waals surface area (Å²) in [6.45, 7) is 5.62. The van der Waals surface area contributed by atoms with E-state index in [1.807, 2.05) is 0 Å². The molecule has 0 aromatic heterocycles. The Kier molecular flexibility index (Phi) is 3.92. The summed E-state index contributed by atoms with van der Waals surface area (Å²) < 4.78 is 5.16. The molecule has 1 rings (SSSR count). The van der Waals surface area contributed by atoms with Gasteiger partial charge in [-0.05, 0) is 12.3 Å². The molecule has 0 radical (unpaired) electrons. The van der Waals surface area contributed by atoms with Gasteiger partial charge < -0.3 is 4.74 Å². The lowest BCUT2D eigenvalue weighted by Gasteiger charge is -2.10. The first kappa shape index (κ1) is 9.05. The standard InChI is InChI=1S/C10H20O/c1-3-9(4-2)6-5-7-10-8-11-10/h9-10H,3-8H2,1-2H3. The largest absolute Gasteiger partial charge is 0.373 e. The van der Waals surface area contributed by atoms with E-state index in [0.29, 0.717) is 6.10 Å². The van der Waals surface area contributed by atoms with E-state index >= 15 is 0 Å². The molecule has 0 aromatic carbocycles. The maximum atomic E-state index is 5.16. The van der Waals surface area contributed by atoms with Crippen LogP contribution in [0, 0.1) is 5.92 Å². The lowest BCUT2D eigenvalue weighted by Crippen LogP contribution is -1.97. The van der Waals surface area contributed by atoms with Crippen LogP contribution in [0.5, 0.6) is 0 Å². The zero-order chi connectivity index (χ0) is 8.10. The van der Waals surface area contributed by atoms with Gasteiger partial charge >= 0.3 is 0 Å². The maximum Gasteiger partial charge on any atom is 0.0810 e. The van der Waals surface area contributed by atoms with Gasteiger partial charge in [0.05, 0.1) is 12.7 Å². The fourth-order valence-electron chi connectivity index (χ4n) is 1.57. The molecule has 0 bridgehead atoms. The predicted molar refractivity (Wildman–Crippen MR) is 47.7 cm³/mol. The SMILES string of the molecule is CCC(CC)CCCC1CO1. The summed E-state index contributed by atoms with van der Waals surface area (Å²) in [5.41, 5.74) is 0. The summed E-state index contributed by atoms with van der Waals surface area (Å²) >= 11 is 0. The molecule has 1 fully saturated rings. The lowest BCUT2D eigenvalue weighted by molar-refractivity contribution is 0.369. The molecule has 0 aromatic rings. The van der Waals surface area contributed by atoms with Crippen molar-refractivity contribution >= 4 is 0 Å². The highest BCUT2D eigenvalue weighted by atomic mass is 16.6. The van der Waals surface area contributed by atoms with E-state index in [4.69, 9.17) is 4.74 Å². The summed E-state index contributed by atoms with van der Waals surface area (Å²) in [6.07, 6.45) is 7.43. The van der Waals surface area contributed by atoms with E-state index in [-0.39, 0.29) is 0 Å². The molecule has 1 heteroatoms. The van der Waals surface area contributed by atoms with E-state index < -0.39 is 0 Å². The quantitative estimate of drug-likeness (QED) is 0.538. The summed E-state index contributed by atoms with van der Waals surface area (Å²) in [7, 11) is 0. The van der Waals surface area contributed by atoms with Crippen molar-refractivity contribution in [1.82, 2.24) is 0 Å². The number of rotatable bonds is 6. The van der Waals surface area contributed by atoms with Crippen LogP contribution in [0.15, 0.2) is 0 Å². The average molecular weight is 156 g/mol. The number of hydrogen-bond acceptors (Lipinski definition) is 1. The van der Waals surface area contributed by atoms with Crippen molar-refractivity contribution < 1.29 is 4.74 Å². The molecular weight excluding hydrogens is 136 g/mol. The molecule has 0 aliphatic carbocycles.